The van der Waals surface area contributed by atoms with Crippen LogP contribution in [0.1, 0.15) is 13.8 Å². The lowest BCUT2D eigenvalue weighted by Crippen LogP contribution is -2.29. The van der Waals surface area contributed by atoms with Gasteiger partial charge >= 0.3 is 0 Å². The molecular weight excluding hydrogens is 124 g/mol. The predicted octanol–water partition coefficient (Wildman–Crippen LogP) is 0.136. The van der Waals surface area contributed by atoms with Gasteiger partial charge in [0.15, 0.2) is 0 Å². The first-order chi connectivity index (χ1) is 3.50. The number of aliphatic hydroxyl groups excluding tert-OH is 1. The van der Waals surface area contributed by atoms with Gasteiger partial charge in [-0.1, -0.05) is 0 Å². The molecule has 0 saturated heterocycles. The van der Waals surface area contributed by atoms with Gasteiger partial charge < -0.3 is 5.11 Å². The van der Waals surface area contributed by atoms with E-state index in [1.165, 1.54) is 0 Å². The van der Waals surface area contributed by atoms with E-state index in [0.717, 1.165) is 0 Å². The van der Waals surface area contributed by atoms with E-state index >= 15 is 0 Å². The SMILES string of the molecule is CS(=O)C(C)(C)CO. The topological polar surface area (TPSA) is 37.3 Å². The molecule has 0 radical (unpaired) electrons. The van der Waals surface area contributed by atoms with Crippen molar-refractivity contribution in [3.05, 3.63) is 0 Å². The van der Waals surface area contributed by atoms with Crippen molar-refractivity contribution in [2.45, 2.75) is 18.6 Å². The third-order valence-corrected chi connectivity index (χ3v) is 2.84. The van der Waals surface area contributed by atoms with Gasteiger partial charge in [-0.25, -0.2) is 0 Å². The number of hydrogen-bond acceptors (Lipinski definition) is 2. The monoisotopic (exact) mass is 136 g/mol. The molecule has 2 nitrogen and oxygen atoms in total. The summed E-state index contributed by atoms with van der Waals surface area (Å²) < 4.78 is 10.2. The maximum absolute atomic E-state index is 10.6. The minimum absolute atomic E-state index is 0.0177. The van der Waals surface area contributed by atoms with E-state index in [4.69, 9.17) is 5.11 Å². The Morgan fingerprint density at radius 3 is 2.00 bits per heavy atom. The second-order valence-corrected chi connectivity index (χ2v) is 4.39. The Hall–Kier alpha value is 0.110. The first-order valence-corrected chi connectivity index (χ1v) is 4.01. The smallest absolute Gasteiger partial charge is 0.0630 e. The van der Waals surface area contributed by atoms with E-state index in [9.17, 15) is 4.21 Å². The van der Waals surface area contributed by atoms with Gasteiger partial charge in [0.05, 0.1) is 11.4 Å². The van der Waals surface area contributed by atoms with Crippen molar-refractivity contribution in [3.8, 4) is 0 Å². The molecule has 0 saturated carbocycles. The lowest BCUT2D eigenvalue weighted by molar-refractivity contribution is 0.262. The number of rotatable bonds is 2. The lowest BCUT2D eigenvalue weighted by Gasteiger charge is -2.16. The molecule has 1 N–H and O–H groups in total. The molecule has 0 heterocycles. The molecule has 0 aliphatic rings. The fourth-order valence-electron chi connectivity index (χ4n) is 0.0909. The normalized spacial score (nSPS) is 16.0. The maximum atomic E-state index is 10.6. The molecule has 0 bridgehead atoms. The van der Waals surface area contributed by atoms with Crippen molar-refractivity contribution >= 4 is 10.8 Å². The summed E-state index contributed by atoms with van der Waals surface area (Å²) in [6.45, 7) is 3.52. The van der Waals surface area contributed by atoms with Crippen LogP contribution in [0.4, 0.5) is 0 Å². The Morgan fingerprint density at radius 1 is 1.62 bits per heavy atom. The van der Waals surface area contributed by atoms with Gasteiger partial charge in [-0.15, -0.1) is 0 Å². The quantitative estimate of drug-likeness (QED) is 0.586. The highest BCUT2D eigenvalue weighted by atomic mass is 32.2. The van der Waals surface area contributed by atoms with Gasteiger partial charge in [-0.3, -0.25) is 4.21 Å². The molecule has 0 spiro atoms. The van der Waals surface area contributed by atoms with Gasteiger partial charge in [0.1, 0.15) is 0 Å². The van der Waals surface area contributed by atoms with Gasteiger partial charge in [0.25, 0.3) is 0 Å². The second-order valence-electron chi connectivity index (χ2n) is 2.37. The molecule has 0 aliphatic carbocycles. The fourth-order valence-corrected chi connectivity index (χ4v) is 0.273. The molecule has 0 amide bonds. The van der Waals surface area contributed by atoms with Crippen molar-refractivity contribution in [2.75, 3.05) is 12.9 Å². The lowest BCUT2D eigenvalue weighted by atomic mass is 10.2. The average molecular weight is 136 g/mol. The van der Waals surface area contributed by atoms with Crippen LogP contribution < -0.4 is 0 Å². The summed E-state index contributed by atoms with van der Waals surface area (Å²) in [6.07, 6.45) is 1.59. The van der Waals surface area contributed by atoms with Crippen LogP contribution in [0.3, 0.4) is 0 Å². The van der Waals surface area contributed by atoms with Gasteiger partial charge in [0, 0.05) is 17.1 Å². The maximum Gasteiger partial charge on any atom is 0.0630 e. The summed E-state index contributed by atoms with van der Waals surface area (Å²) in [5, 5.41) is 8.57. The molecule has 8 heavy (non-hydrogen) atoms. The zero-order valence-corrected chi connectivity index (χ0v) is 6.29. The first-order valence-electron chi connectivity index (χ1n) is 2.45. The summed E-state index contributed by atoms with van der Waals surface area (Å²) in [7, 11) is -0.926. The fraction of sp³-hybridized carbons (Fsp3) is 1.00. The van der Waals surface area contributed by atoms with Crippen LogP contribution in [0.5, 0.6) is 0 Å². The largest absolute Gasteiger partial charge is 0.395 e. The molecule has 0 aromatic heterocycles. The zero-order valence-electron chi connectivity index (χ0n) is 5.47. The molecule has 3 heteroatoms. The molecular formula is C5H12O2S. The van der Waals surface area contributed by atoms with Crippen LogP contribution in [-0.2, 0) is 10.8 Å². The third kappa shape index (κ3) is 1.92. The van der Waals surface area contributed by atoms with E-state index in [-0.39, 0.29) is 6.61 Å². The Kier molecular flexibility index (Phi) is 2.63. The third-order valence-electron chi connectivity index (χ3n) is 1.16. The summed E-state index contributed by atoms with van der Waals surface area (Å²) in [5.74, 6) is 0. The van der Waals surface area contributed by atoms with Gasteiger partial charge in [0.2, 0.25) is 0 Å². The van der Waals surface area contributed by atoms with Gasteiger partial charge in [-0.2, -0.15) is 0 Å². The van der Waals surface area contributed by atoms with Crippen LogP contribution in [0.15, 0.2) is 0 Å². The van der Waals surface area contributed by atoms with Crippen molar-refractivity contribution in [1.29, 1.82) is 0 Å². The molecule has 0 aromatic carbocycles. The summed E-state index contributed by atoms with van der Waals surface area (Å²) in [5.41, 5.74) is 0. The van der Waals surface area contributed by atoms with E-state index in [2.05, 4.69) is 0 Å². The van der Waals surface area contributed by atoms with E-state index in [0.29, 0.717) is 0 Å². The average Bonchev–Trinajstić information content (AvgIpc) is 1.67. The highest BCUT2D eigenvalue weighted by molar-refractivity contribution is 7.85. The Morgan fingerprint density at radius 2 is 2.00 bits per heavy atom. The standard InChI is InChI=1S/C5H12O2S/c1-5(2,4-6)8(3)7/h6H,4H2,1-3H3. The summed E-state index contributed by atoms with van der Waals surface area (Å²) in [4.78, 5) is 0. The molecule has 1 atom stereocenters. The Labute approximate surface area is 52.4 Å². The van der Waals surface area contributed by atoms with Crippen molar-refractivity contribution in [3.63, 3.8) is 0 Å². The Bertz CT molecular complexity index is 98.6. The molecule has 0 aromatic rings. The van der Waals surface area contributed by atoms with Crippen molar-refractivity contribution in [2.24, 2.45) is 0 Å². The molecule has 0 aliphatic heterocycles. The summed E-state index contributed by atoms with van der Waals surface area (Å²) in [6, 6.07) is 0. The minimum atomic E-state index is -0.926. The van der Waals surface area contributed by atoms with E-state index in [1.54, 1.807) is 20.1 Å². The molecule has 50 valence electrons. The number of hydrogen-bond donors (Lipinski definition) is 1. The van der Waals surface area contributed by atoms with Crippen molar-refractivity contribution < 1.29 is 9.32 Å². The Balaban J connectivity index is 3.91. The van der Waals surface area contributed by atoms with Gasteiger partial charge in [-0.05, 0) is 13.8 Å². The number of aliphatic hydroxyl groups is 1. The zero-order chi connectivity index (χ0) is 6.78. The van der Waals surface area contributed by atoms with E-state index < -0.39 is 15.5 Å². The molecule has 1 unspecified atom stereocenters. The van der Waals surface area contributed by atoms with Crippen LogP contribution in [0, 0.1) is 0 Å². The van der Waals surface area contributed by atoms with E-state index in [1.807, 2.05) is 0 Å². The van der Waals surface area contributed by atoms with Crippen LogP contribution in [0.2, 0.25) is 0 Å². The first kappa shape index (κ1) is 8.11. The van der Waals surface area contributed by atoms with Crippen LogP contribution >= 0.6 is 0 Å². The van der Waals surface area contributed by atoms with Crippen LogP contribution in [0.25, 0.3) is 0 Å². The summed E-state index contributed by atoms with van der Waals surface area (Å²) >= 11 is 0. The molecule has 0 fully saturated rings. The predicted molar refractivity (Wildman–Crippen MR) is 35.2 cm³/mol. The molecule has 0 rings (SSSR count). The minimum Gasteiger partial charge on any atom is -0.395 e. The van der Waals surface area contributed by atoms with Crippen LogP contribution in [-0.4, -0.2) is 26.9 Å². The van der Waals surface area contributed by atoms with Crippen molar-refractivity contribution in [1.82, 2.24) is 0 Å². The highest BCUT2D eigenvalue weighted by Crippen LogP contribution is 2.08. The highest BCUT2D eigenvalue weighted by Gasteiger charge is 2.20. The second kappa shape index (κ2) is 2.60.